The second-order valence-corrected chi connectivity index (χ2v) is 6.64. The van der Waals surface area contributed by atoms with Gasteiger partial charge in [-0.3, -0.25) is 4.90 Å². The van der Waals surface area contributed by atoms with Gasteiger partial charge in [0, 0.05) is 19.6 Å². The van der Waals surface area contributed by atoms with E-state index in [1.807, 2.05) is 6.08 Å². The molecule has 4 nitrogen and oxygen atoms in total. The maximum Gasteiger partial charge on any atom is 0.191 e. The third kappa shape index (κ3) is 8.23. The molecule has 2 rings (SSSR count). The van der Waals surface area contributed by atoms with Crippen molar-refractivity contribution in [3.05, 3.63) is 48.0 Å². The summed E-state index contributed by atoms with van der Waals surface area (Å²) in [5.41, 5.74) is 2.63. The number of aliphatic imine (C=N–C) groups is 1. The fraction of sp³-hybridized carbons (Fsp3) is 0.550. The Morgan fingerprint density at radius 1 is 1.20 bits per heavy atom. The number of halogens is 1. The molecular weight excluding hydrogens is 423 g/mol. The van der Waals surface area contributed by atoms with Gasteiger partial charge in [-0.1, -0.05) is 37.3 Å². The smallest absolute Gasteiger partial charge is 0.191 e. The zero-order valence-corrected chi connectivity index (χ0v) is 18.0. The van der Waals surface area contributed by atoms with Crippen LogP contribution >= 0.6 is 24.0 Å². The van der Waals surface area contributed by atoms with Crippen LogP contribution in [0.3, 0.4) is 0 Å². The molecule has 0 amide bonds. The first-order chi connectivity index (χ1) is 11.7. The third-order valence-electron chi connectivity index (χ3n) is 4.48. The average molecular weight is 456 g/mol. The third-order valence-corrected chi connectivity index (χ3v) is 4.48. The van der Waals surface area contributed by atoms with Crippen molar-refractivity contribution in [3.8, 4) is 0 Å². The second kappa shape index (κ2) is 12.3. The highest BCUT2D eigenvalue weighted by Crippen LogP contribution is 2.18. The molecule has 1 aromatic rings. The van der Waals surface area contributed by atoms with Crippen LogP contribution in [-0.2, 0) is 13.1 Å². The van der Waals surface area contributed by atoms with E-state index >= 15 is 0 Å². The number of guanidine groups is 1. The van der Waals surface area contributed by atoms with Crippen LogP contribution in [0.2, 0.25) is 0 Å². The number of nitrogens with one attached hydrogen (secondary N) is 2. The Kier molecular flexibility index (Phi) is 10.8. The van der Waals surface area contributed by atoms with Gasteiger partial charge < -0.3 is 10.6 Å². The van der Waals surface area contributed by atoms with Crippen molar-refractivity contribution in [2.24, 2.45) is 10.9 Å². The molecule has 0 bridgehead atoms. The first kappa shape index (κ1) is 22.0. The van der Waals surface area contributed by atoms with Crippen LogP contribution in [0, 0.1) is 5.92 Å². The van der Waals surface area contributed by atoms with Gasteiger partial charge >= 0.3 is 0 Å². The molecule has 0 saturated carbocycles. The van der Waals surface area contributed by atoms with Gasteiger partial charge in [0.25, 0.3) is 0 Å². The van der Waals surface area contributed by atoms with Gasteiger partial charge in [-0.15, -0.1) is 30.6 Å². The van der Waals surface area contributed by atoms with Crippen LogP contribution in [-0.4, -0.2) is 37.0 Å². The molecule has 0 aliphatic carbocycles. The molecule has 2 N–H and O–H groups in total. The van der Waals surface area contributed by atoms with E-state index in [9.17, 15) is 0 Å². The molecular formula is C20H33IN4. The van der Waals surface area contributed by atoms with Crippen LogP contribution in [0.4, 0.5) is 0 Å². The summed E-state index contributed by atoms with van der Waals surface area (Å²) >= 11 is 0. The number of likely N-dealkylation sites (tertiary alicyclic amines) is 1. The SMILES string of the molecule is C=CCNC(=NCc1ccc(CN2CCC(C)CC2)cc1)NCC.I. The minimum atomic E-state index is 0. The first-order valence-electron chi connectivity index (χ1n) is 9.14. The largest absolute Gasteiger partial charge is 0.357 e. The fourth-order valence-corrected chi connectivity index (χ4v) is 2.91. The number of hydrogen-bond donors (Lipinski definition) is 2. The van der Waals surface area contributed by atoms with Crippen molar-refractivity contribution in [1.29, 1.82) is 0 Å². The van der Waals surface area contributed by atoms with Crippen LogP contribution in [0.5, 0.6) is 0 Å². The lowest BCUT2D eigenvalue weighted by Gasteiger charge is -2.30. The number of piperidine rings is 1. The Labute approximate surface area is 170 Å². The van der Waals surface area contributed by atoms with Gasteiger partial charge in [-0.05, 0) is 49.9 Å². The minimum Gasteiger partial charge on any atom is -0.357 e. The molecule has 0 atom stereocenters. The van der Waals surface area contributed by atoms with Crippen molar-refractivity contribution < 1.29 is 0 Å². The molecule has 0 aromatic heterocycles. The van der Waals surface area contributed by atoms with Gasteiger partial charge in [0.15, 0.2) is 5.96 Å². The topological polar surface area (TPSA) is 39.7 Å². The Morgan fingerprint density at radius 2 is 1.84 bits per heavy atom. The van der Waals surface area contributed by atoms with Crippen LogP contribution in [0.15, 0.2) is 41.9 Å². The van der Waals surface area contributed by atoms with E-state index in [1.54, 1.807) is 0 Å². The molecule has 0 radical (unpaired) electrons. The van der Waals surface area contributed by atoms with E-state index in [0.29, 0.717) is 6.54 Å². The van der Waals surface area contributed by atoms with E-state index in [4.69, 9.17) is 0 Å². The van der Waals surface area contributed by atoms with Crippen LogP contribution < -0.4 is 10.6 Å². The summed E-state index contributed by atoms with van der Waals surface area (Å²) in [4.78, 5) is 7.18. The van der Waals surface area contributed by atoms with Gasteiger partial charge in [0.05, 0.1) is 6.54 Å². The monoisotopic (exact) mass is 456 g/mol. The summed E-state index contributed by atoms with van der Waals surface area (Å²) in [6.07, 6.45) is 4.50. The maximum atomic E-state index is 4.61. The van der Waals surface area contributed by atoms with Gasteiger partial charge in [0.2, 0.25) is 0 Å². The molecule has 5 heteroatoms. The Hall–Kier alpha value is -1.08. The lowest BCUT2D eigenvalue weighted by molar-refractivity contribution is 0.185. The van der Waals surface area contributed by atoms with Gasteiger partial charge in [-0.25, -0.2) is 4.99 Å². The number of hydrogen-bond acceptors (Lipinski definition) is 2. The molecule has 1 aliphatic rings. The van der Waals surface area contributed by atoms with Crippen molar-refractivity contribution in [2.45, 2.75) is 39.8 Å². The highest BCUT2D eigenvalue weighted by atomic mass is 127. The zero-order valence-electron chi connectivity index (χ0n) is 15.6. The number of rotatable bonds is 7. The summed E-state index contributed by atoms with van der Waals surface area (Å²) < 4.78 is 0. The molecule has 0 spiro atoms. The highest BCUT2D eigenvalue weighted by Gasteiger charge is 2.15. The van der Waals surface area contributed by atoms with E-state index in [1.165, 1.54) is 37.1 Å². The van der Waals surface area contributed by atoms with Gasteiger partial charge in [-0.2, -0.15) is 0 Å². The number of benzene rings is 1. The summed E-state index contributed by atoms with van der Waals surface area (Å²) in [5, 5.41) is 6.47. The Balaban J connectivity index is 0.00000312. The molecule has 1 fully saturated rings. The maximum absolute atomic E-state index is 4.61. The Bertz CT molecular complexity index is 519. The van der Waals surface area contributed by atoms with E-state index < -0.39 is 0 Å². The first-order valence-corrected chi connectivity index (χ1v) is 9.14. The lowest BCUT2D eigenvalue weighted by Crippen LogP contribution is -2.37. The van der Waals surface area contributed by atoms with Crippen molar-refractivity contribution in [3.63, 3.8) is 0 Å². The molecule has 1 aliphatic heterocycles. The van der Waals surface area contributed by atoms with Crippen molar-refractivity contribution >= 4 is 29.9 Å². The van der Waals surface area contributed by atoms with Crippen LogP contribution in [0.25, 0.3) is 0 Å². The molecule has 1 heterocycles. The molecule has 1 saturated heterocycles. The normalized spacial score (nSPS) is 16.2. The molecule has 25 heavy (non-hydrogen) atoms. The van der Waals surface area contributed by atoms with E-state index in [2.05, 4.69) is 65.2 Å². The Morgan fingerprint density at radius 3 is 2.44 bits per heavy atom. The fourth-order valence-electron chi connectivity index (χ4n) is 2.91. The van der Waals surface area contributed by atoms with E-state index in [0.717, 1.165) is 31.5 Å². The highest BCUT2D eigenvalue weighted by molar-refractivity contribution is 14.0. The lowest BCUT2D eigenvalue weighted by atomic mass is 9.99. The second-order valence-electron chi connectivity index (χ2n) is 6.64. The van der Waals surface area contributed by atoms with Gasteiger partial charge in [0.1, 0.15) is 0 Å². The number of nitrogens with zero attached hydrogens (tertiary/aromatic N) is 2. The summed E-state index contributed by atoms with van der Waals surface area (Å²) in [7, 11) is 0. The average Bonchev–Trinajstić information content (AvgIpc) is 2.60. The van der Waals surface area contributed by atoms with Crippen molar-refractivity contribution in [2.75, 3.05) is 26.2 Å². The zero-order chi connectivity index (χ0) is 17.2. The molecule has 1 aromatic carbocycles. The van der Waals surface area contributed by atoms with Crippen LogP contribution in [0.1, 0.15) is 37.8 Å². The minimum absolute atomic E-state index is 0. The molecule has 140 valence electrons. The van der Waals surface area contributed by atoms with E-state index in [-0.39, 0.29) is 24.0 Å². The predicted octanol–water partition coefficient (Wildman–Crippen LogP) is 3.78. The summed E-state index contributed by atoms with van der Waals surface area (Å²) in [6, 6.07) is 8.88. The summed E-state index contributed by atoms with van der Waals surface area (Å²) in [6.45, 7) is 14.0. The van der Waals surface area contributed by atoms with Crippen molar-refractivity contribution in [1.82, 2.24) is 15.5 Å². The predicted molar refractivity (Wildman–Crippen MR) is 119 cm³/mol. The molecule has 0 unspecified atom stereocenters. The standard InChI is InChI=1S/C20H32N4.HI/c1-4-12-22-20(21-5-2)23-15-18-6-8-19(9-7-18)16-24-13-10-17(3)11-14-24;/h4,6-9,17H,1,5,10-16H2,2-3H3,(H2,21,22,23);1H. The summed E-state index contributed by atoms with van der Waals surface area (Å²) in [5.74, 6) is 1.73. The quantitative estimate of drug-likeness (QED) is 0.284.